The van der Waals surface area contributed by atoms with Gasteiger partial charge in [0.1, 0.15) is 0 Å². The Morgan fingerprint density at radius 2 is 2.25 bits per heavy atom. The van der Waals surface area contributed by atoms with Crippen molar-refractivity contribution in [2.45, 2.75) is 20.8 Å². The maximum Gasteiger partial charge on any atom is 0.0717 e. The second kappa shape index (κ2) is 4.65. The van der Waals surface area contributed by atoms with Gasteiger partial charge < -0.3 is 0 Å². The molecule has 0 saturated heterocycles. The average molecular weight is 115 g/mol. The number of hydrogen-bond donors (Lipinski definition) is 1. The molecule has 0 fully saturated rings. The van der Waals surface area contributed by atoms with Crippen LogP contribution in [0.1, 0.15) is 20.8 Å². The van der Waals surface area contributed by atoms with Crippen molar-refractivity contribution in [1.29, 1.82) is 0 Å². The van der Waals surface area contributed by atoms with Crippen LogP contribution in [-0.2, 0) is 4.84 Å². The molecular formula is C6H13NO. The predicted octanol–water partition coefficient (Wildman–Crippen LogP) is 1.45. The first kappa shape index (κ1) is 7.50. The minimum atomic E-state index is 0.698. The lowest BCUT2D eigenvalue weighted by Crippen LogP contribution is -2.05. The van der Waals surface area contributed by atoms with Crippen molar-refractivity contribution in [2.24, 2.45) is 0 Å². The monoisotopic (exact) mass is 115 g/mol. The third kappa shape index (κ3) is 5.50. The second-order valence-corrected chi connectivity index (χ2v) is 1.77. The molecule has 0 amide bonds. The molecule has 0 saturated carbocycles. The fourth-order valence-corrected chi connectivity index (χ4v) is 0.243. The molecule has 0 aromatic rings. The van der Waals surface area contributed by atoms with Gasteiger partial charge in [-0.2, -0.15) is 0 Å². The highest BCUT2D eigenvalue weighted by molar-refractivity contribution is 4.88. The van der Waals surface area contributed by atoms with Crippen molar-refractivity contribution in [1.82, 2.24) is 5.48 Å². The van der Waals surface area contributed by atoms with E-state index in [1.54, 1.807) is 0 Å². The first-order valence-electron chi connectivity index (χ1n) is 2.78. The zero-order valence-corrected chi connectivity index (χ0v) is 5.69. The molecule has 0 radical (unpaired) electrons. The van der Waals surface area contributed by atoms with Crippen LogP contribution >= 0.6 is 0 Å². The SMILES string of the molecule is CCONC=C(C)C. The summed E-state index contributed by atoms with van der Waals surface area (Å²) >= 11 is 0. The van der Waals surface area contributed by atoms with Gasteiger partial charge in [0, 0.05) is 6.20 Å². The molecule has 2 heteroatoms. The van der Waals surface area contributed by atoms with Crippen molar-refractivity contribution < 1.29 is 4.84 Å². The van der Waals surface area contributed by atoms with E-state index in [1.165, 1.54) is 5.57 Å². The normalized spacial score (nSPS) is 8.38. The number of hydrogen-bond acceptors (Lipinski definition) is 2. The van der Waals surface area contributed by atoms with Gasteiger partial charge in [-0.1, -0.05) is 5.57 Å². The standard InChI is InChI=1S/C6H13NO/c1-4-8-7-5-6(2)3/h5,7H,4H2,1-3H3. The molecule has 0 aromatic carbocycles. The lowest BCUT2D eigenvalue weighted by Gasteiger charge is -1.96. The molecule has 2 nitrogen and oxygen atoms in total. The van der Waals surface area contributed by atoms with E-state index < -0.39 is 0 Å². The van der Waals surface area contributed by atoms with Crippen LogP contribution < -0.4 is 5.48 Å². The van der Waals surface area contributed by atoms with E-state index in [4.69, 9.17) is 4.84 Å². The fraction of sp³-hybridized carbons (Fsp3) is 0.667. The van der Waals surface area contributed by atoms with Crippen LogP contribution in [-0.4, -0.2) is 6.61 Å². The quantitative estimate of drug-likeness (QED) is 0.444. The van der Waals surface area contributed by atoms with Gasteiger partial charge in [-0.3, -0.25) is 10.3 Å². The average Bonchev–Trinajstić information content (AvgIpc) is 1.66. The zero-order chi connectivity index (χ0) is 6.41. The van der Waals surface area contributed by atoms with Gasteiger partial charge in [-0.25, -0.2) is 0 Å². The van der Waals surface area contributed by atoms with E-state index in [2.05, 4.69) is 5.48 Å². The van der Waals surface area contributed by atoms with Crippen molar-refractivity contribution in [2.75, 3.05) is 6.61 Å². The summed E-state index contributed by atoms with van der Waals surface area (Å²) in [5.74, 6) is 0. The minimum Gasteiger partial charge on any atom is -0.277 e. The summed E-state index contributed by atoms with van der Waals surface area (Å²) in [5, 5.41) is 0. The molecule has 0 aromatic heterocycles. The van der Waals surface area contributed by atoms with Crippen LogP contribution in [0.15, 0.2) is 11.8 Å². The van der Waals surface area contributed by atoms with Crippen LogP contribution in [0.3, 0.4) is 0 Å². The topological polar surface area (TPSA) is 21.3 Å². The fourth-order valence-electron chi connectivity index (χ4n) is 0.243. The van der Waals surface area contributed by atoms with Crippen molar-refractivity contribution in [3.8, 4) is 0 Å². The zero-order valence-electron chi connectivity index (χ0n) is 5.69. The van der Waals surface area contributed by atoms with Crippen molar-refractivity contribution in [3.05, 3.63) is 11.8 Å². The maximum atomic E-state index is 4.82. The summed E-state index contributed by atoms with van der Waals surface area (Å²) in [6.45, 7) is 6.65. The van der Waals surface area contributed by atoms with Gasteiger partial charge in [0.2, 0.25) is 0 Å². The molecule has 0 heterocycles. The lowest BCUT2D eigenvalue weighted by atomic mass is 10.4. The maximum absolute atomic E-state index is 4.82. The Balaban J connectivity index is 3.03. The highest BCUT2D eigenvalue weighted by Gasteiger charge is 1.73. The summed E-state index contributed by atoms with van der Waals surface area (Å²) in [5.41, 5.74) is 3.88. The summed E-state index contributed by atoms with van der Waals surface area (Å²) < 4.78 is 0. The minimum absolute atomic E-state index is 0.698. The van der Waals surface area contributed by atoms with Gasteiger partial charge in [0.25, 0.3) is 0 Å². The molecule has 0 atom stereocenters. The number of rotatable bonds is 3. The Morgan fingerprint density at radius 1 is 1.62 bits per heavy atom. The van der Waals surface area contributed by atoms with Crippen LogP contribution in [0.2, 0.25) is 0 Å². The van der Waals surface area contributed by atoms with E-state index in [9.17, 15) is 0 Å². The summed E-state index contributed by atoms with van der Waals surface area (Å²) in [6.07, 6.45) is 1.82. The van der Waals surface area contributed by atoms with E-state index >= 15 is 0 Å². The highest BCUT2D eigenvalue weighted by Crippen LogP contribution is 1.82. The van der Waals surface area contributed by atoms with Crippen molar-refractivity contribution >= 4 is 0 Å². The molecule has 0 rings (SSSR count). The first-order chi connectivity index (χ1) is 3.77. The third-order valence-electron chi connectivity index (χ3n) is 0.575. The Kier molecular flexibility index (Phi) is 4.36. The summed E-state index contributed by atoms with van der Waals surface area (Å²) in [4.78, 5) is 4.82. The Morgan fingerprint density at radius 3 is 2.62 bits per heavy atom. The molecule has 0 aliphatic carbocycles. The number of nitrogens with one attached hydrogen (secondary N) is 1. The van der Waals surface area contributed by atoms with Gasteiger partial charge >= 0.3 is 0 Å². The van der Waals surface area contributed by atoms with E-state index in [1.807, 2.05) is 27.0 Å². The summed E-state index contributed by atoms with van der Waals surface area (Å²) in [7, 11) is 0. The Hall–Kier alpha value is -0.500. The van der Waals surface area contributed by atoms with Crippen molar-refractivity contribution in [3.63, 3.8) is 0 Å². The largest absolute Gasteiger partial charge is 0.277 e. The molecule has 0 bridgehead atoms. The van der Waals surface area contributed by atoms with E-state index in [0.29, 0.717) is 6.61 Å². The van der Waals surface area contributed by atoms with Crippen LogP contribution in [0, 0.1) is 0 Å². The third-order valence-corrected chi connectivity index (χ3v) is 0.575. The highest BCUT2D eigenvalue weighted by atomic mass is 16.6. The molecular weight excluding hydrogens is 102 g/mol. The Bertz CT molecular complexity index is 74.6. The molecule has 1 N–H and O–H groups in total. The van der Waals surface area contributed by atoms with Gasteiger partial charge in [0.05, 0.1) is 6.61 Å². The summed E-state index contributed by atoms with van der Waals surface area (Å²) in [6, 6.07) is 0. The molecule has 0 unspecified atom stereocenters. The first-order valence-corrected chi connectivity index (χ1v) is 2.78. The lowest BCUT2D eigenvalue weighted by molar-refractivity contribution is 0.0820. The smallest absolute Gasteiger partial charge is 0.0717 e. The Labute approximate surface area is 50.5 Å². The van der Waals surface area contributed by atoms with Gasteiger partial charge in [-0.05, 0) is 20.8 Å². The van der Waals surface area contributed by atoms with Crippen LogP contribution in [0.5, 0.6) is 0 Å². The number of allylic oxidation sites excluding steroid dienone is 1. The molecule has 8 heavy (non-hydrogen) atoms. The van der Waals surface area contributed by atoms with Crippen LogP contribution in [0.25, 0.3) is 0 Å². The molecule has 0 spiro atoms. The van der Waals surface area contributed by atoms with Gasteiger partial charge in [-0.15, -0.1) is 0 Å². The second-order valence-electron chi connectivity index (χ2n) is 1.77. The number of hydroxylamine groups is 1. The molecule has 0 aliphatic rings. The molecule has 48 valence electrons. The molecule has 0 aliphatic heterocycles. The van der Waals surface area contributed by atoms with E-state index in [0.717, 1.165) is 0 Å². The van der Waals surface area contributed by atoms with E-state index in [-0.39, 0.29) is 0 Å². The predicted molar refractivity (Wildman–Crippen MR) is 34.2 cm³/mol. The van der Waals surface area contributed by atoms with Crippen LogP contribution in [0.4, 0.5) is 0 Å². The van der Waals surface area contributed by atoms with Gasteiger partial charge in [0.15, 0.2) is 0 Å².